The average molecular weight is 100 g/mol. The summed E-state index contributed by atoms with van der Waals surface area (Å²) in [5.41, 5.74) is 3.88. The maximum atomic E-state index is 7.00. The van der Waals surface area contributed by atoms with Crippen LogP contribution in [0.4, 0.5) is 0 Å². The Balaban J connectivity index is 2.42. The van der Waals surface area contributed by atoms with Crippen molar-refractivity contribution in [1.29, 1.82) is 0 Å². The number of nitrogens with zero attached hydrogens (tertiary/aromatic N) is 1. The van der Waals surface area contributed by atoms with Gasteiger partial charge in [0.05, 0.1) is 0 Å². The Kier molecular flexibility index (Phi) is 0.965. The maximum Gasteiger partial charge on any atom is 0.182 e. The van der Waals surface area contributed by atoms with Gasteiger partial charge in [-0.2, -0.15) is 5.53 Å². The molecule has 40 valence electrons. The van der Waals surface area contributed by atoms with E-state index >= 15 is 0 Å². The van der Waals surface area contributed by atoms with Gasteiger partial charge in [0.15, 0.2) is 1.41 Å². The van der Waals surface area contributed by atoms with Gasteiger partial charge in [0.25, 0.3) is 0 Å². The van der Waals surface area contributed by atoms with Crippen LogP contribution in [-0.2, 0) is 0 Å². The topological polar surface area (TPSA) is 27.3 Å². The molecule has 1 heterocycles. The lowest BCUT2D eigenvalue weighted by molar-refractivity contribution is 0.220. The summed E-state index contributed by atoms with van der Waals surface area (Å²) in [6.07, 6.45) is 3.57. The summed E-state index contributed by atoms with van der Waals surface area (Å²) in [6, 6.07) is 0. The number of rotatable bonds is 0. The van der Waals surface area contributed by atoms with E-state index in [1.165, 1.54) is 0 Å². The molecule has 0 amide bonds. The van der Waals surface area contributed by atoms with Crippen LogP contribution in [0.15, 0.2) is 12.3 Å². The summed E-state index contributed by atoms with van der Waals surface area (Å²) in [5, 5.41) is 1.81. The van der Waals surface area contributed by atoms with Crippen molar-refractivity contribution in [3.63, 3.8) is 0 Å². The standard InChI is InChI=1S/C4H9N3/c1-7-4-2-3-5-6-7/h2-3,5-6H,4H2,1H3/i/hD. The molecular weight excluding hydrogens is 90.1 g/mol. The summed E-state index contributed by atoms with van der Waals surface area (Å²) in [4.78, 5) is 0. The van der Waals surface area contributed by atoms with Crippen molar-refractivity contribution in [2.24, 2.45) is 0 Å². The lowest BCUT2D eigenvalue weighted by Gasteiger charge is -2.19. The molecule has 0 atom stereocenters. The van der Waals surface area contributed by atoms with Crippen molar-refractivity contribution in [3.8, 4) is 0 Å². The van der Waals surface area contributed by atoms with E-state index in [1.807, 2.05) is 18.1 Å². The molecule has 0 bridgehead atoms. The predicted molar refractivity (Wildman–Crippen MR) is 28.0 cm³/mol. The van der Waals surface area contributed by atoms with E-state index in [-0.39, 0.29) is 0 Å². The highest BCUT2D eigenvalue weighted by Crippen LogP contribution is 1.78. The minimum Gasteiger partial charge on any atom is -0.316 e. The molecule has 0 aromatic carbocycles. The Labute approximate surface area is 44.4 Å². The van der Waals surface area contributed by atoms with Gasteiger partial charge in [-0.05, 0) is 0 Å². The molecule has 0 aliphatic carbocycles. The Bertz CT molecular complexity index is 103. The molecule has 0 radical (unpaired) electrons. The van der Waals surface area contributed by atoms with Gasteiger partial charge in [0.2, 0.25) is 0 Å². The van der Waals surface area contributed by atoms with Crippen molar-refractivity contribution in [2.45, 2.75) is 0 Å². The van der Waals surface area contributed by atoms with Crippen LogP contribution >= 0.6 is 0 Å². The first-order chi connectivity index (χ1) is 3.79. The molecule has 1 rings (SSSR count). The van der Waals surface area contributed by atoms with Gasteiger partial charge in [-0.1, -0.05) is 6.08 Å². The molecule has 0 aromatic rings. The highest BCUT2D eigenvalue weighted by atomic mass is 15.7. The summed E-state index contributed by atoms with van der Waals surface area (Å²) in [6.45, 7) is 0.857. The third-order valence-corrected chi connectivity index (χ3v) is 0.788. The van der Waals surface area contributed by atoms with E-state index in [9.17, 15) is 0 Å². The van der Waals surface area contributed by atoms with Gasteiger partial charge >= 0.3 is 0 Å². The average Bonchev–Trinajstić information content (AvgIpc) is 1.64. The summed E-state index contributed by atoms with van der Waals surface area (Å²) in [5.74, 6) is 0. The molecule has 0 spiro atoms. The molecule has 0 saturated carbocycles. The largest absolute Gasteiger partial charge is 0.316 e. The van der Waals surface area contributed by atoms with Gasteiger partial charge in [0, 0.05) is 19.8 Å². The SMILES string of the molecule is [2H]N1C=CCN(C)N1. The number of nitrogens with one attached hydrogen (secondary N) is 2. The van der Waals surface area contributed by atoms with E-state index in [0.717, 1.165) is 12.0 Å². The summed E-state index contributed by atoms with van der Waals surface area (Å²) >= 11 is 0. The fourth-order valence-corrected chi connectivity index (χ4v) is 0.431. The Morgan fingerprint density at radius 2 is 2.86 bits per heavy atom. The van der Waals surface area contributed by atoms with Crippen LogP contribution in [-0.4, -0.2) is 18.6 Å². The smallest absolute Gasteiger partial charge is 0.182 e. The first-order valence-corrected chi connectivity index (χ1v) is 2.21. The number of hydrogen-bond donors (Lipinski definition) is 2. The quantitative estimate of drug-likeness (QED) is 0.428. The fourth-order valence-electron chi connectivity index (χ4n) is 0.431. The van der Waals surface area contributed by atoms with Crippen LogP contribution in [0.3, 0.4) is 0 Å². The second kappa shape index (κ2) is 1.95. The molecule has 2 N–H and O–H groups in total. The monoisotopic (exact) mass is 100 g/mol. The minimum absolute atomic E-state index is 0.857. The molecule has 0 fully saturated rings. The van der Waals surface area contributed by atoms with Crippen molar-refractivity contribution in [2.75, 3.05) is 13.6 Å². The Morgan fingerprint density at radius 1 is 2.00 bits per heavy atom. The molecule has 3 nitrogen and oxygen atoms in total. The molecule has 0 aromatic heterocycles. The zero-order valence-electron chi connectivity index (χ0n) is 5.26. The molecular formula is C4H9N3. The van der Waals surface area contributed by atoms with Gasteiger partial charge in [0.1, 0.15) is 0 Å². The summed E-state index contributed by atoms with van der Waals surface area (Å²) < 4.78 is 7.00. The van der Waals surface area contributed by atoms with Crippen molar-refractivity contribution < 1.29 is 1.41 Å². The Morgan fingerprint density at radius 3 is 3.29 bits per heavy atom. The second-order valence-electron chi connectivity index (χ2n) is 1.49. The number of likely N-dealkylation sites (N-methyl/N-ethyl adjacent to an activating group) is 1. The van der Waals surface area contributed by atoms with E-state index in [2.05, 4.69) is 5.53 Å². The van der Waals surface area contributed by atoms with Crippen molar-refractivity contribution in [3.05, 3.63) is 12.3 Å². The molecule has 0 unspecified atom stereocenters. The molecule has 7 heavy (non-hydrogen) atoms. The molecule has 1 aliphatic rings. The van der Waals surface area contributed by atoms with Crippen molar-refractivity contribution in [1.82, 2.24) is 16.0 Å². The van der Waals surface area contributed by atoms with Crippen LogP contribution in [0, 0.1) is 0 Å². The van der Waals surface area contributed by atoms with E-state index < -0.39 is 0 Å². The highest BCUT2D eigenvalue weighted by Gasteiger charge is 1.92. The second-order valence-corrected chi connectivity index (χ2v) is 1.49. The predicted octanol–water partition coefficient (Wildman–Crippen LogP) is -0.545. The van der Waals surface area contributed by atoms with Crippen molar-refractivity contribution >= 4 is 0 Å². The van der Waals surface area contributed by atoms with E-state index in [4.69, 9.17) is 1.41 Å². The first kappa shape index (κ1) is 3.46. The maximum absolute atomic E-state index is 7.00. The van der Waals surface area contributed by atoms with Crippen LogP contribution in [0.25, 0.3) is 0 Å². The molecule has 1 aliphatic heterocycles. The van der Waals surface area contributed by atoms with Crippen LogP contribution in [0.1, 0.15) is 0 Å². The van der Waals surface area contributed by atoms with Gasteiger partial charge in [-0.15, -0.1) is 0 Å². The lowest BCUT2D eigenvalue weighted by atomic mass is 10.6. The number of hydrazine groups is 2. The van der Waals surface area contributed by atoms with E-state index in [1.54, 1.807) is 6.20 Å². The lowest BCUT2D eigenvalue weighted by Crippen LogP contribution is -2.44. The normalized spacial score (nSPS) is 25.3. The number of hydrogen-bond acceptors (Lipinski definition) is 3. The van der Waals surface area contributed by atoms with Gasteiger partial charge < -0.3 is 5.42 Å². The highest BCUT2D eigenvalue weighted by molar-refractivity contribution is 4.82. The minimum atomic E-state index is 0.857. The van der Waals surface area contributed by atoms with Crippen LogP contribution in [0.5, 0.6) is 0 Å². The van der Waals surface area contributed by atoms with Gasteiger partial charge in [-0.3, -0.25) is 0 Å². The third kappa shape index (κ3) is 1.17. The third-order valence-electron chi connectivity index (χ3n) is 0.788. The van der Waals surface area contributed by atoms with Gasteiger partial charge in [-0.25, -0.2) is 5.01 Å². The zero-order chi connectivity index (χ0) is 5.98. The van der Waals surface area contributed by atoms with E-state index in [0.29, 0.717) is 0 Å². The fraction of sp³-hybridized carbons (Fsp3) is 0.500. The Hall–Kier alpha value is -0.540. The zero-order valence-corrected chi connectivity index (χ0v) is 4.26. The molecule has 0 saturated heterocycles. The first-order valence-electron chi connectivity index (χ1n) is 2.66. The van der Waals surface area contributed by atoms with Crippen LogP contribution in [0.2, 0.25) is 1.41 Å². The summed E-state index contributed by atoms with van der Waals surface area (Å²) in [7, 11) is 1.88. The molecule has 3 heteroatoms. The van der Waals surface area contributed by atoms with Crippen LogP contribution < -0.4 is 11.0 Å².